The van der Waals surface area contributed by atoms with Gasteiger partial charge in [-0.2, -0.15) is 0 Å². The second-order valence-corrected chi connectivity index (χ2v) is 16.2. The van der Waals surface area contributed by atoms with Gasteiger partial charge in [0.25, 0.3) is 0 Å². The van der Waals surface area contributed by atoms with Gasteiger partial charge in [-0.3, -0.25) is 4.57 Å². The summed E-state index contributed by atoms with van der Waals surface area (Å²) in [5.74, 6) is 0.682. The first-order valence-electron chi connectivity index (χ1n) is 14.6. The van der Waals surface area contributed by atoms with Gasteiger partial charge in [0.1, 0.15) is 11.5 Å². The van der Waals surface area contributed by atoms with Crippen molar-refractivity contribution >= 4 is 8.25 Å². The van der Waals surface area contributed by atoms with Crippen LogP contribution in [0.1, 0.15) is 141 Å². The Bertz CT molecular complexity index is 1140. The fourth-order valence-electron chi connectivity index (χ4n) is 5.68. The van der Waals surface area contributed by atoms with Crippen molar-refractivity contribution in [2.24, 2.45) is 0 Å². The van der Waals surface area contributed by atoms with Gasteiger partial charge in [0, 0.05) is 27.6 Å². The Hall–Kier alpha value is -1.32. The van der Waals surface area contributed by atoms with Crippen molar-refractivity contribution < 1.29 is 40.3 Å². The van der Waals surface area contributed by atoms with E-state index >= 15 is 0 Å². The van der Waals surface area contributed by atoms with E-state index in [1.165, 1.54) is 0 Å². The number of benzene rings is 2. The van der Waals surface area contributed by atoms with Gasteiger partial charge >= 0.3 is 8.25 Å². The molecule has 7 heteroatoms. The molecule has 0 bridgehead atoms. The van der Waals surface area contributed by atoms with E-state index in [0.29, 0.717) is 11.5 Å². The number of rotatable bonds is 8. The Balaban J connectivity index is 0.00000840. The summed E-state index contributed by atoms with van der Waals surface area (Å²) in [6.07, 6.45) is 1.45. The van der Waals surface area contributed by atoms with Gasteiger partial charge in [0.15, 0.2) is 0 Å². The van der Waals surface area contributed by atoms with E-state index in [0.717, 1.165) is 57.3 Å². The van der Waals surface area contributed by atoms with E-state index in [2.05, 4.69) is 96.9 Å². The van der Waals surface area contributed by atoms with Crippen LogP contribution in [0.25, 0.3) is 0 Å². The molecule has 2 aromatic carbocycles. The summed E-state index contributed by atoms with van der Waals surface area (Å²) in [5.41, 5.74) is 6.41. The Labute approximate surface area is 260 Å². The number of phenols is 2. The van der Waals surface area contributed by atoms with Gasteiger partial charge < -0.3 is 19.3 Å². The van der Waals surface area contributed by atoms with E-state index in [1.54, 1.807) is 0 Å². The molecule has 0 saturated carbocycles. The first kappa shape index (κ1) is 37.7. The maximum Gasteiger partial charge on any atom is 0.319 e. The van der Waals surface area contributed by atoms with Crippen molar-refractivity contribution in [1.29, 1.82) is 0 Å². The van der Waals surface area contributed by atoms with Crippen LogP contribution >= 0.6 is 8.25 Å². The molecule has 0 spiro atoms. The minimum atomic E-state index is -2.82. The molecule has 0 aliphatic carbocycles. The number of phenolic OH excluding ortho intramolecular Hbond substituents is 2. The molecule has 0 fully saturated rings. The van der Waals surface area contributed by atoms with Crippen LogP contribution in [-0.2, 0) is 77.8 Å². The quantitative estimate of drug-likeness (QED) is 0.224. The predicted molar refractivity (Wildman–Crippen MR) is 168 cm³/mol. The monoisotopic (exact) mass is 632 g/mol. The van der Waals surface area contributed by atoms with Gasteiger partial charge in [-0.25, -0.2) is 0 Å². The number of hydrogen-bond acceptors (Lipinski definition) is 5. The number of hydrogen-bond donors (Lipinski definition) is 2. The third-order valence-corrected chi connectivity index (χ3v) is 8.27. The molecule has 2 aromatic rings. The summed E-state index contributed by atoms with van der Waals surface area (Å²) in [5, 5.41) is 22.5. The topological polar surface area (TPSA) is 76.0 Å². The predicted octanol–water partition coefficient (Wildman–Crippen LogP) is 9.53. The molecule has 0 saturated heterocycles. The van der Waals surface area contributed by atoms with Crippen LogP contribution < -0.4 is 0 Å². The fraction of sp³-hybridized carbons (Fsp3) is 0.647. The summed E-state index contributed by atoms with van der Waals surface area (Å²) in [6, 6.07) is 4.00. The van der Waals surface area contributed by atoms with Gasteiger partial charge in [-0.1, -0.05) is 96.9 Å². The Morgan fingerprint density at radius 3 is 1.12 bits per heavy atom. The fourth-order valence-corrected chi connectivity index (χ4v) is 6.31. The van der Waals surface area contributed by atoms with Gasteiger partial charge in [-0.05, 0) is 80.0 Å². The third kappa shape index (κ3) is 8.85. The second-order valence-electron chi connectivity index (χ2n) is 15.1. The summed E-state index contributed by atoms with van der Waals surface area (Å²) < 4.78 is 24.8. The molecule has 0 radical (unpaired) electrons. The summed E-state index contributed by atoms with van der Waals surface area (Å²) in [6.45, 7) is 29.5. The zero-order valence-corrected chi connectivity index (χ0v) is 29.9. The molecule has 0 heterocycles. The molecule has 5 nitrogen and oxygen atoms in total. The molecule has 2 N–H and O–H groups in total. The van der Waals surface area contributed by atoms with Crippen LogP contribution in [0, 0.1) is 0 Å². The maximum atomic E-state index is 13.1. The van der Waals surface area contributed by atoms with Crippen molar-refractivity contribution in [2.45, 2.75) is 145 Å². The maximum absolute atomic E-state index is 13.1. The molecule has 41 heavy (non-hydrogen) atoms. The molecular formula is C34H55NiO5P. The Morgan fingerprint density at radius 1 is 0.610 bits per heavy atom. The van der Waals surface area contributed by atoms with E-state index in [4.69, 9.17) is 9.05 Å². The molecule has 0 aliphatic heterocycles. The molecule has 0 aromatic heterocycles. The minimum Gasteiger partial charge on any atom is -0.507 e. The summed E-state index contributed by atoms with van der Waals surface area (Å²) in [4.78, 5) is 0. The molecular weight excluding hydrogens is 578 g/mol. The summed E-state index contributed by atoms with van der Waals surface area (Å²) in [7, 11) is -2.82. The van der Waals surface area contributed by atoms with Crippen molar-refractivity contribution in [3.63, 3.8) is 0 Å². The molecule has 0 unspecified atom stereocenters. The minimum absolute atomic E-state index is 0. The van der Waals surface area contributed by atoms with E-state index in [9.17, 15) is 14.8 Å². The van der Waals surface area contributed by atoms with Crippen molar-refractivity contribution in [3.05, 3.63) is 56.6 Å². The van der Waals surface area contributed by atoms with Crippen LogP contribution in [0.4, 0.5) is 0 Å². The van der Waals surface area contributed by atoms with E-state index < -0.39 is 8.25 Å². The number of aromatic hydroxyl groups is 2. The van der Waals surface area contributed by atoms with Gasteiger partial charge in [0.05, 0.1) is 13.2 Å². The average Bonchev–Trinajstić information content (AvgIpc) is 2.78. The smallest absolute Gasteiger partial charge is 0.319 e. The van der Waals surface area contributed by atoms with Crippen LogP contribution in [-0.4, -0.2) is 10.2 Å². The molecule has 0 aliphatic rings. The summed E-state index contributed by atoms with van der Waals surface area (Å²) >= 11 is 0. The van der Waals surface area contributed by atoms with Crippen molar-refractivity contribution in [2.75, 3.05) is 0 Å². The van der Waals surface area contributed by atoms with E-state index in [-0.39, 0.29) is 51.4 Å². The zero-order chi connectivity index (χ0) is 31.0. The average molecular weight is 633 g/mol. The van der Waals surface area contributed by atoms with Crippen LogP contribution in [0.15, 0.2) is 12.1 Å². The SMILES string of the molecule is CCc1c(CO[PH](=O)OCc2cc(C(C)(C)C)c(O)c(C(C)(C)C)c2CC)cc(C(C)(C)C)c(O)c1C(C)(C)C.[Ni]. The standard InChI is InChI=1S/C34H55O5P.Ni/c1-15-23-21(17-25(31(3,4)5)29(35)27(23)33(9,10)11)19-38-40(37)39-20-22-18-26(32(6,7)8)30(36)28(24(22)16-2)34(12,13)14;/h17-18,35-36,40H,15-16,19-20H2,1-14H3;. The van der Waals surface area contributed by atoms with Crippen LogP contribution in [0.2, 0.25) is 0 Å². The normalized spacial score (nSPS) is 13.0. The van der Waals surface area contributed by atoms with Crippen LogP contribution in [0.5, 0.6) is 11.5 Å². The molecule has 0 atom stereocenters. The first-order chi connectivity index (χ1) is 18.1. The van der Waals surface area contributed by atoms with Gasteiger partial charge in [-0.15, -0.1) is 0 Å². The molecule has 2 rings (SSSR count). The van der Waals surface area contributed by atoms with Crippen LogP contribution in [0.3, 0.4) is 0 Å². The Kier molecular flexibility index (Phi) is 12.5. The largest absolute Gasteiger partial charge is 0.507 e. The van der Waals surface area contributed by atoms with Crippen molar-refractivity contribution in [3.8, 4) is 11.5 Å². The third-order valence-electron chi connectivity index (χ3n) is 7.51. The second kappa shape index (κ2) is 13.5. The first-order valence-corrected chi connectivity index (χ1v) is 15.8. The molecule has 236 valence electrons. The Morgan fingerprint density at radius 2 is 0.902 bits per heavy atom. The van der Waals surface area contributed by atoms with Crippen molar-refractivity contribution in [1.82, 2.24) is 0 Å². The van der Waals surface area contributed by atoms with Gasteiger partial charge in [0.2, 0.25) is 0 Å². The molecule has 0 amide bonds. The zero-order valence-electron chi connectivity index (χ0n) is 27.9. The van der Waals surface area contributed by atoms with E-state index in [1.807, 2.05) is 12.1 Å².